The molecule has 250 valence electrons. The molecule has 2 nitrogen and oxygen atoms in total. The summed E-state index contributed by atoms with van der Waals surface area (Å²) in [5, 5.41) is 0. The minimum Gasteiger partial charge on any atom is -0.310 e. The molecule has 0 N–H and O–H groups in total. The third-order valence-electron chi connectivity index (χ3n) is 8.21. The zero-order valence-electron chi connectivity index (χ0n) is 27.7. The van der Waals surface area contributed by atoms with Gasteiger partial charge >= 0.3 is 12.4 Å². The molecule has 0 bridgehead atoms. The Hall–Kier alpha value is -4.72. The van der Waals surface area contributed by atoms with Gasteiger partial charge in [-0.15, -0.1) is 0 Å². The van der Waals surface area contributed by atoms with Gasteiger partial charge in [0.1, 0.15) is 0 Å². The minimum atomic E-state index is -4.53. The summed E-state index contributed by atoms with van der Waals surface area (Å²) in [4.78, 5) is 3.47. The second kappa shape index (κ2) is 12.7. The Morgan fingerprint density at radius 3 is 0.854 bits per heavy atom. The van der Waals surface area contributed by atoms with Crippen molar-refractivity contribution in [2.75, 3.05) is 9.80 Å². The van der Waals surface area contributed by atoms with E-state index in [0.29, 0.717) is 34.1 Å². The zero-order valence-corrected chi connectivity index (χ0v) is 27.7. The molecule has 0 saturated heterocycles. The van der Waals surface area contributed by atoms with E-state index in [1.807, 2.05) is 48.5 Å². The summed E-state index contributed by atoms with van der Waals surface area (Å²) in [5.74, 6) is 0. The van der Waals surface area contributed by atoms with Crippen molar-refractivity contribution in [1.82, 2.24) is 0 Å². The van der Waals surface area contributed by atoms with Crippen LogP contribution in [0, 0.1) is 0 Å². The van der Waals surface area contributed by atoms with Crippen molar-refractivity contribution in [3.05, 3.63) is 144 Å². The van der Waals surface area contributed by atoms with Crippen molar-refractivity contribution in [2.24, 2.45) is 0 Å². The van der Waals surface area contributed by atoms with Gasteiger partial charge in [-0.25, -0.2) is 0 Å². The van der Waals surface area contributed by atoms with E-state index >= 15 is 0 Å². The van der Waals surface area contributed by atoms with Crippen LogP contribution in [0.2, 0.25) is 0 Å². The normalized spacial score (nSPS) is 12.6. The standard InChI is InChI=1S/C40H38F6N2/c1-37(2,3)27-13-17-31(18-14-27)47(35-11-7-9-29(25-35)39(41,42)43)33-21-23-34(24-22-33)48(32-19-15-28(16-20-32)38(4,5)6)36-12-8-10-30(26-36)40(44,45)46/h7-26H,1-6H3. The second-order valence-electron chi connectivity index (χ2n) is 13.9. The van der Waals surface area contributed by atoms with Gasteiger partial charge in [0.2, 0.25) is 0 Å². The predicted molar refractivity (Wildman–Crippen MR) is 183 cm³/mol. The molecule has 0 aromatic heterocycles. The summed E-state index contributed by atoms with van der Waals surface area (Å²) in [6, 6.07) is 32.7. The Morgan fingerprint density at radius 1 is 0.333 bits per heavy atom. The fourth-order valence-electron chi connectivity index (χ4n) is 5.51. The van der Waals surface area contributed by atoms with E-state index in [9.17, 15) is 26.3 Å². The van der Waals surface area contributed by atoms with E-state index in [-0.39, 0.29) is 10.8 Å². The lowest BCUT2D eigenvalue weighted by Crippen LogP contribution is -2.15. The first-order chi connectivity index (χ1) is 22.3. The highest BCUT2D eigenvalue weighted by atomic mass is 19.4. The van der Waals surface area contributed by atoms with Crippen LogP contribution in [-0.4, -0.2) is 0 Å². The predicted octanol–water partition coefficient (Wildman–Crippen LogP) is 13.3. The number of alkyl halides is 6. The van der Waals surface area contributed by atoms with Crippen LogP contribution in [0.25, 0.3) is 0 Å². The average molecular weight is 661 g/mol. The molecule has 5 rings (SSSR count). The molecule has 0 aliphatic heterocycles. The smallest absolute Gasteiger partial charge is 0.310 e. The Morgan fingerprint density at radius 2 is 0.604 bits per heavy atom. The summed E-state index contributed by atoms with van der Waals surface area (Å²) in [6.07, 6.45) is -9.06. The van der Waals surface area contributed by atoms with Crippen LogP contribution in [0.3, 0.4) is 0 Å². The summed E-state index contributed by atoms with van der Waals surface area (Å²) in [6.45, 7) is 12.5. The van der Waals surface area contributed by atoms with E-state index < -0.39 is 23.5 Å². The molecule has 0 amide bonds. The Labute approximate surface area is 278 Å². The Kier molecular flexibility index (Phi) is 9.17. The largest absolute Gasteiger partial charge is 0.416 e. The van der Waals surface area contributed by atoms with Crippen molar-refractivity contribution < 1.29 is 26.3 Å². The van der Waals surface area contributed by atoms with Gasteiger partial charge < -0.3 is 9.80 Å². The molecular formula is C40H38F6N2. The fourth-order valence-corrected chi connectivity index (χ4v) is 5.51. The van der Waals surface area contributed by atoms with E-state index in [1.165, 1.54) is 12.1 Å². The highest BCUT2D eigenvalue weighted by Crippen LogP contribution is 2.42. The number of anilines is 6. The van der Waals surface area contributed by atoms with E-state index in [0.717, 1.165) is 35.4 Å². The lowest BCUT2D eigenvalue weighted by molar-refractivity contribution is -0.138. The monoisotopic (exact) mass is 660 g/mol. The first kappa shape index (κ1) is 34.6. The molecule has 0 unspecified atom stereocenters. The number of halogens is 6. The highest BCUT2D eigenvalue weighted by molar-refractivity contribution is 5.81. The van der Waals surface area contributed by atoms with Gasteiger partial charge in [-0.1, -0.05) is 77.9 Å². The van der Waals surface area contributed by atoms with E-state index in [4.69, 9.17) is 0 Å². The molecule has 0 saturated carbocycles. The van der Waals surface area contributed by atoms with Crippen molar-refractivity contribution >= 4 is 34.1 Å². The van der Waals surface area contributed by atoms with Crippen LogP contribution in [0.4, 0.5) is 60.5 Å². The van der Waals surface area contributed by atoms with Gasteiger partial charge in [0.15, 0.2) is 0 Å². The summed E-state index contributed by atoms with van der Waals surface area (Å²) < 4.78 is 82.7. The van der Waals surface area contributed by atoms with Crippen LogP contribution in [0.1, 0.15) is 63.8 Å². The second-order valence-corrected chi connectivity index (χ2v) is 13.9. The Balaban J connectivity index is 1.63. The molecule has 0 fully saturated rings. The molecule has 0 aliphatic carbocycles. The van der Waals surface area contributed by atoms with Gasteiger partial charge in [0, 0.05) is 34.1 Å². The van der Waals surface area contributed by atoms with Gasteiger partial charge in [-0.05, 0) is 107 Å². The molecule has 0 aliphatic rings. The fraction of sp³-hybridized carbons (Fsp3) is 0.250. The van der Waals surface area contributed by atoms with E-state index in [1.54, 1.807) is 46.2 Å². The number of nitrogens with zero attached hydrogens (tertiary/aromatic N) is 2. The molecule has 0 heterocycles. The molecule has 8 heteroatoms. The van der Waals surface area contributed by atoms with Crippen LogP contribution in [0.15, 0.2) is 121 Å². The number of rotatable bonds is 6. The maximum Gasteiger partial charge on any atom is 0.416 e. The quantitative estimate of drug-likeness (QED) is 0.167. The number of hydrogen-bond acceptors (Lipinski definition) is 2. The topological polar surface area (TPSA) is 6.48 Å². The molecule has 0 atom stereocenters. The van der Waals surface area contributed by atoms with Crippen LogP contribution in [0.5, 0.6) is 0 Å². The third kappa shape index (κ3) is 7.70. The number of benzene rings is 5. The van der Waals surface area contributed by atoms with Gasteiger partial charge in [0.05, 0.1) is 11.1 Å². The third-order valence-corrected chi connectivity index (χ3v) is 8.21. The van der Waals surface area contributed by atoms with Crippen molar-refractivity contribution in [3.8, 4) is 0 Å². The minimum absolute atomic E-state index is 0.126. The summed E-state index contributed by atoms with van der Waals surface area (Å²) >= 11 is 0. The van der Waals surface area contributed by atoms with E-state index in [2.05, 4.69) is 41.5 Å². The van der Waals surface area contributed by atoms with Gasteiger partial charge in [-0.2, -0.15) is 26.3 Å². The molecule has 0 spiro atoms. The van der Waals surface area contributed by atoms with Gasteiger partial charge in [0.25, 0.3) is 0 Å². The first-order valence-electron chi connectivity index (χ1n) is 15.6. The van der Waals surface area contributed by atoms with Crippen molar-refractivity contribution in [3.63, 3.8) is 0 Å². The summed E-state index contributed by atoms with van der Waals surface area (Å²) in [5.41, 5.74) is 3.43. The van der Waals surface area contributed by atoms with Crippen LogP contribution in [-0.2, 0) is 23.2 Å². The van der Waals surface area contributed by atoms with Gasteiger partial charge in [-0.3, -0.25) is 0 Å². The molecule has 5 aromatic carbocycles. The number of hydrogen-bond donors (Lipinski definition) is 0. The van der Waals surface area contributed by atoms with Crippen LogP contribution < -0.4 is 9.80 Å². The Bertz CT molecular complexity index is 1700. The molecule has 48 heavy (non-hydrogen) atoms. The lowest BCUT2D eigenvalue weighted by atomic mass is 9.87. The lowest BCUT2D eigenvalue weighted by Gasteiger charge is -2.30. The average Bonchev–Trinajstić information content (AvgIpc) is 3.01. The molecule has 0 radical (unpaired) electrons. The SMILES string of the molecule is CC(C)(C)c1ccc(N(c2ccc(N(c3ccc(C(C)(C)C)cc3)c3cccc(C(F)(F)F)c3)cc2)c2cccc(C(F)(F)F)c2)cc1. The maximum atomic E-state index is 13.8. The maximum absolute atomic E-state index is 13.8. The van der Waals surface area contributed by atoms with Crippen LogP contribution >= 0.6 is 0 Å². The first-order valence-corrected chi connectivity index (χ1v) is 15.6. The molecular weight excluding hydrogens is 622 g/mol. The highest BCUT2D eigenvalue weighted by Gasteiger charge is 2.32. The van der Waals surface area contributed by atoms with Crippen molar-refractivity contribution in [1.29, 1.82) is 0 Å². The zero-order chi connectivity index (χ0) is 35.1. The molecule has 5 aromatic rings. The van der Waals surface area contributed by atoms with Crippen molar-refractivity contribution in [2.45, 2.75) is 64.7 Å². The summed E-state index contributed by atoms with van der Waals surface area (Å²) in [7, 11) is 0.